The largest absolute Gasteiger partial charge is 0.446 e. The number of amides is 3. The van der Waals surface area contributed by atoms with Crippen LogP contribution in [-0.4, -0.2) is 76.3 Å². The van der Waals surface area contributed by atoms with Gasteiger partial charge in [0.25, 0.3) is 0 Å². The van der Waals surface area contributed by atoms with Gasteiger partial charge in [0, 0.05) is 38.5 Å². The van der Waals surface area contributed by atoms with Crippen molar-refractivity contribution in [1.82, 2.24) is 24.9 Å². The molecule has 40 heavy (non-hydrogen) atoms. The van der Waals surface area contributed by atoms with E-state index in [1.165, 1.54) is 24.8 Å². The maximum atomic E-state index is 12.6. The minimum absolute atomic E-state index is 0.0965. The first-order chi connectivity index (χ1) is 19.4. The number of aryl methyl sites for hydroxylation is 1. The van der Waals surface area contributed by atoms with Crippen LogP contribution >= 0.6 is 0 Å². The van der Waals surface area contributed by atoms with Gasteiger partial charge in [-0.15, -0.1) is 0 Å². The molecule has 3 amide bonds. The van der Waals surface area contributed by atoms with Crippen LogP contribution in [-0.2, 0) is 21.4 Å². The van der Waals surface area contributed by atoms with Crippen LogP contribution < -0.4 is 5.32 Å². The average Bonchev–Trinajstić information content (AvgIpc) is 3.29. The normalized spacial score (nSPS) is 24.4. The van der Waals surface area contributed by atoms with Crippen molar-refractivity contribution in [3.8, 4) is 0 Å². The van der Waals surface area contributed by atoms with Crippen molar-refractivity contribution in [2.75, 3.05) is 32.7 Å². The number of rotatable bonds is 5. The SMILES string of the molecule is Cn1nc([C@H]2CCC(=O)NC2=O)c2ccc(C3CCN(CC4CCN(C(=O)OC5CCCCC5)CC4)CC3)cc21. The maximum Gasteiger partial charge on any atom is 0.410 e. The Morgan fingerprint density at radius 3 is 2.45 bits per heavy atom. The number of hydrogen-bond acceptors (Lipinski definition) is 6. The van der Waals surface area contributed by atoms with E-state index < -0.39 is 0 Å². The number of imide groups is 1. The lowest BCUT2D eigenvalue weighted by molar-refractivity contribution is -0.134. The van der Waals surface area contributed by atoms with Crippen molar-refractivity contribution in [3.63, 3.8) is 0 Å². The van der Waals surface area contributed by atoms with Crippen LogP contribution in [0.1, 0.15) is 93.7 Å². The van der Waals surface area contributed by atoms with E-state index in [1.54, 1.807) is 0 Å². The van der Waals surface area contributed by atoms with E-state index in [0.29, 0.717) is 24.7 Å². The fourth-order valence-electron chi connectivity index (χ4n) is 7.28. The lowest BCUT2D eigenvalue weighted by atomic mass is 9.87. The third-order valence-corrected chi connectivity index (χ3v) is 9.74. The van der Waals surface area contributed by atoms with Crippen LogP contribution in [0.2, 0.25) is 0 Å². The molecule has 1 saturated carbocycles. The highest BCUT2D eigenvalue weighted by Crippen LogP contribution is 2.35. The van der Waals surface area contributed by atoms with Crippen LogP contribution in [0.25, 0.3) is 10.9 Å². The second kappa shape index (κ2) is 11.9. The summed E-state index contributed by atoms with van der Waals surface area (Å²) in [6.45, 7) is 4.95. The van der Waals surface area contributed by atoms with Crippen LogP contribution in [0.3, 0.4) is 0 Å². The molecule has 0 radical (unpaired) electrons. The first-order valence-corrected chi connectivity index (χ1v) is 15.4. The Morgan fingerprint density at radius 2 is 1.73 bits per heavy atom. The molecule has 9 nitrogen and oxygen atoms in total. The molecular formula is C31H43N5O4. The Kier molecular flexibility index (Phi) is 8.10. The van der Waals surface area contributed by atoms with E-state index in [9.17, 15) is 14.4 Å². The first-order valence-electron chi connectivity index (χ1n) is 15.4. The molecule has 1 N–H and O–H groups in total. The summed E-state index contributed by atoms with van der Waals surface area (Å²) in [7, 11) is 1.94. The molecule has 1 aliphatic carbocycles. The van der Waals surface area contributed by atoms with E-state index in [-0.39, 0.29) is 29.9 Å². The number of nitrogens with zero attached hydrogens (tertiary/aromatic N) is 4. The minimum atomic E-state index is -0.370. The molecule has 0 bridgehead atoms. The zero-order valence-electron chi connectivity index (χ0n) is 23.8. The smallest absolute Gasteiger partial charge is 0.410 e. The van der Waals surface area contributed by atoms with Gasteiger partial charge in [0.1, 0.15) is 6.10 Å². The van der Waals surface area contributed by atoms with E-state index >= 15 is 0 Å². The summed E-state index contributed by atoms with van der Waals surface area (Å²) >= 11 is 0. The van der Waals surface area contributed by atoms with Gasteiger partial charge in [-0.2, -0.15) is 5.10 Å². The third kappa shape index (κ3) is 5.90. The number of likely N-dealkylation sites (tertiary alicyclic amines) is 2. The van der Waals surface area contributed by atoms with E-state index in [2.05, 4.69) is 28.4 Å². The molecule has 6 rings (SSSR count). The van der Waals surface area contributed by atoms with E-state index in [4.69, 9.17) is 9.84 Å². The number of carbonyl (C=O) groups is 3. The topological polar surface area (TPSA) is 96.8 Å². The van der Waals surface area contributed by atoms with Gasteiger partial charge in [0.15, 0.2) is 0 Å². The van der Waals surface area contributed by atoms with Gasteiger partial charge in [-0.05, 0) is 94.3 Å². The molecule has 216 valence electrons. The summed E-state index contributed by atoms with van der Waals surface area (Å²) in [6, 6.07) is 6.58. The molecule has 0 spiro atoms. The van der Waals surface area contributed by atoms with Gasteiger partial charge in [-0.1, -0.05) is 18.6 Å². The van der Waals surface area contributed by atoms with Crippen molar-refractivity contribution in [3.05, 3.63) is 29.5 Å². The summed E-state index contributed by atoms with van der Waals surface area (Å²) < 4.78 is 7.67. The van der Waals surface area contributed by atoms with Crippen LogP contribution in [0.4, 0.5) is 4.79 Å². The summed E-state index contributed by atoms with van der Waals surface area (Å²) in [6.07, 6.45) is 11.0. The van der Waals surface area contributed by atoms with Crippen LogP contribution in [0.15, 0.2) is 18.2 Å². The van der Waals surface area contributed by atoms with Crippen molar-refractivity contribution in [2.45, 2.75) is 88.6 Å². The van der Waals surface area contributed by atoms with Crippen LogP contribution in [0.5, 0.6) is 0 Å². The lowest BCUT2D eigenvalue weighted by Crippen LogP contribution is -2.44. The molecule has 9 heteroatoms. The van der Waals surface area contributed by atoms with Crippen molar-refractivity contribution < 1.29 is 19.1 Å². The molecule has 1 aromatic carbocycles. The van der Waals surface area contributed by atoms with Crippen LogP contribution in [0, 0.1) is 5.92 Å². The van der Waals surface area contributed by atoms with Gasteiger partial charge in [0.2, 0.25) is 11.8 Å². The van der Waals surface area contributed by atoms with Gasteiger partial charge in [-0.3, -0.25) is 19.6 Å². The summed E-state index contributed by atoms with van der Waals surface area (Å²) in [5.41, 5.74) is 3.17. The number of benzene rings is 1. The van der Waals surface area contributed by atoms with E-state index in [0.717, 1.165) is 87.8 Å². The Hall–Kier alpha value is -2.94. The van der Waals surface area contributed by atoms with Gasteiger partial charge < -0.3 is 14.5 Å². The number of nitrogens with one attached hydrogen (secondary N) is 1. The van der Waals surface area contributed by atoms with Crippen molar-refractivity contribution in [2.24, 2.45) is 13.0 Å². The fourth-order valence-corrected chi connectivity index (χ4v) is 7.28. The number of hydrogen-bond donors (Lipinski definition) is 1. The lowest BCUT2D eigenvalue weighted by Gasteiger charge is -2.38. The molecule has 2 aromatic rings. The van der Waals surface area contributed by atoms with E-state index in [1.807, 2.05) is 16.6 Å². The summed E-state index contributed by atoms with van der Waals surface area (Å²) in [5.74, 6) is 0.357. The fraction of sp³-hybridized carbons (Fsp3) is 0.677. The highest BCUT2D eigenvalue weighted by molar-refractivity contribution is 6.02. The van der Waals surface area contributed by atoms with Gasteiger partial charge >= 0.3 is 6.09 Å². The number of carbonyl (C=O) groups excluding carboxylic acids is 3. The van der Waals surface area contributed by atoms with Gasteiger partial charge in [-0.25, -0.2) is 4.79 Å². The molecular weight excluding hydrogens is 506 g/mol. The Labute approximate surface area is 236 Å². The molecule has 4 fully saturated rings. The molecule has 3 saturated heterocycles. The zero-order valence-corrected chi connectivity index (χ0v) is 23.8. The van der Waals surface area contributed by atoms with Crippen molar-refractivity contribution in [1.29, 1.82) is 0 Å². The Balaban J connectivity index is 0.990. The monoisotopic (exact) mass is 549 g/mol. The Morgan fingerprint density at radius 1 is 0.975 bits per heavy atom. The first kappa shape index (κ1) is 27.2. The quantitative estimate of drug-likeness (QED) is 0.554. The zero-order chi connectivity index (χ0) is 27.6. The highest BCUT2D eigenvalue weighted by atomic mass is 16.6. The third-order valence-electron chi connectivity index (χ3n) is 9.74. The number of piperidine rings is 3. The second-order valence-electron chi connectivity index (χ2n) is 12.4. The predicted molar refractivity (Wildman–Crippen MR) is 152 cm³/mol. The second-order valence-corrected chi connectivity index (χ2v) is 12.4. The maximum absolute atomic E-state index is 12.6. The molecule has 3 aliphatic heterocycles. The standard InChI is InChI=1S/C31H43N5O4/c1-34-27-19-23(7-8-25(27)29(33-34)26-9-10-28(37)32-30(26)38)22-13-15-35(16-14-22)20-21-11-17-36(18-12-21)31(39)40-24-5-3-2-4-6-24/h7-8,19,21-22,24,26H,2-6,9-18,20H2,1H3,(H,32,37,38)/t26-/m1/s1. The molecule has 0 unspecified atom stereocenters. The molecule has 4 heterocycles. The number of fused-ring (bicyclic) bond motifs is 1. The molecule has 4 aliphatic rings. The molecule has 1 aromatic heterocycles. The highest BCUT2D eigenvalue weighted by Gasteiger charge is 2.32. The summed E-state index contributed by atoms with van der Waals surface area (Å²) in [4.78, 5) is 41.2. The predicted octanol–water partition coefficient (Wildman–Crippen LogP) is 4.45. The minimum Gasteiger partial charge on any atom is -0.446 e. The average molecular weight is 550 g/mol. The number of ether oxygens (including phenoxy) is 1. The van der Waals surface area contributed by atoms with Crippen molar-refractivity contribution >= 4 is 28.8 Å². The Bertz CT molecular complexity index is 1240. The molecule has 1 atom stereocenters. The summed E-state index contributed by atoms with van der Waals surface area (Å²) in [5, 5.41) is 8.17. The number of aromatic nitrogens is 2. The van der Waals surface area contributed by atoms with Gasteiger partial charge in [0.05, 0.1) is 17.1 Å².